The molecule has 0 amide bonds. The molecule has 1 unspecified atom stereocenters. The van der Waals surface area contributed by atoms with Gasteiger partial charge in [0.05, 0.1) is 0 Å². The van der Waals surface area contributed by atoms with E-state index in [2.05, 4.69) is 26.8 Å². The van der Waals surface area contributed by atoms with Crippen LogP contribution in [0.25, 0.3) is 5.65 Å². The monoisotopic (exact) mass is 230 g/mol. The van der Waals surface area contributed by atoms with Crippen LogP contribution in [0.15, 0.2) is 24.4 Å². The van der Waals surface area contributed by atoms with Gasteiger partial charge in [-0.2, -0.15) is 0 Å². The van der Waals surface area contributed by atoms with Crippen molar-refractivity contribution >= 4 is 5.65 Å². The van der Waals surface area contributed by atoms with Crippen LogP contribution in [0.5, 0.6) is 0 Å². The van der Waals surface area contributed by atoms with Crippen molar-refractivity contribution in [3.63, 3.8) is 0 Å². The van der Waals surface area contributed by atoms with Crippen molar-refractivity contribution in [1.82, 2.24) is 19.9 Å². The Morgan fingerprint density at radius 1 is 1.41 bits per heavy atom. The summed E-state index contributed by atoms with van der Waals surface area (Å²) in [5.74, 6) is 1.95. The SMILES string of the molecule is CC(NCCc1nnc2ccccn12)C1CC1. The number of hydrogen-bond acceptors (Lipinski definition) is 3. The first-order chi connectivity index (χ1) is 8.34. The number of pyridine rings is 1. The van der Waals surface area contributed by atoms with E-state index in [-0.39, 0.29) is 0 Å². The fourth-order valence-electron chi connectivity index (χ4n) is 2.24. The highest BCUT2D eigenvalue weighted by Gasteiger charge is 2.27. The lowest BCUT2D eigenvalue weighted by molar-refractivity contribution is 0.496. The quantitative estimate of drug-likeness (QED) is 0.849. The Morgan fingerprint density at radius 3 is 3.12 bits per heavy atom. The van der Waals surface area contributed by atoms with Crippen LogP contribution in [0.1, 0.15) is 25.6 Å². The fourth-order valence-corrected chi connectivity index (χ4v) is 2.24. The molecule has 0 aliphatic heterocycles. The van der Waals surface area contributed by atoms with Gasteiger partial charge in [-0.3, -0.25) is 4.40 Å². The lowest BCUT2D eigenvalue weighted by Crippen LogP contribution is -2.30. The summed E-state index contributed by atoms with van der Waals surface area (Å²) in [6.07, 6.45) is 5.74. The van der Waals surface area contributed by atoms with Gasteiger partial charge in [-0.05, 0) is 37.8 Å². The Kier molecular flexibility index (Phi) is 2.81. The molecular weight excluding hydrogens is 212 g/mol. The molecule has 0 bridgehead atoms. The van der Waals surface area contributed by atoms with Crippen molar-refractivity contribution in [2.24, 2.45) is 5.92 Å². The molecule has 4 nitrogen and oxygen atoms in total. The average molecular weight is 230 g/mol. The molecule has 1 saturated carbocycles. The standard InChI is InChI=1S/C13H18N4/c1-10(11-5-6-11)14-8-7-13-16-15-12-4-2-3-9-17(12)13/h2-4,9-11,14H,5-8H2,1H3. The predicted molar refractivity (Wildman–Crippen MR) is 66.9 cm³/mol. The van der Waals surface area contributed by atoms with Crippen LogP contribution in [0, 0.1) is 5.92 Å². The lowest BCUT2D eigenvalue weighted by atomic mass is 10.2. The smallest absolute Gasteiger partial charge is 0.160 e. The van der Waals surface area contributed by atoms with E-state index in [4.69, 9.17) is 0 Å². The van der Waals surface area contributed by atoms with Crippen LogP contribution >= 0.6 is 0 Å². The molecule has 1 aliphatic carbocycles. The van der Waals surface area contributed by atoms with Gasteiger partial charge >= 0.3 is 0 Å². The number of nitrogens with zero attached hydrogens (tertiary/aromatic N) is 3. The van der Waals surface area contributed by atoms with Crippen LogP contribution in [0.2, 0.25) is 0 Å². The highest BCUT2D eigenvalue weighted by Crippen LogP contribution is 2.32. The van der Waals surface area contributed by atoms with Gasteiger partial charge in [0, 0.05) is 25.2 Å². The zero-order chi connectivity index (χ0) is 11.7. The predicted octanol–water partition coefficient (Wildman–Crippen LogP) is 1.66. The zero-order valence-corrected chi connectivity index (χ0v) is 10.1. The Balaban J connectivity index is 1.60. The van der Waals surface area contributed by atoms with E-state index in [0.717, 1.165) is 30.4 Å². The van der Waals surface area contributed by atoms with Crippen molar-refractivity contribution in [3.8, 4) is 0 Å². The van der Waals surface area contributed by atoms with E-state index in [1.165, 1.54) is 12.8 Å². The van der Waals surface area contributed by atoms with Gasteiger partial charge in [-0.25, -0.2) is 0 Å². The average Bonchev–Trinajstić information content (AvgIpc) is 3.12. The van der Waals surface area contributed by atoms with Crippen molar-refractivity contribution in [2.75, 3.05) is 6.54 Å². The number of rotatable bonds is 5. The molecule has 1 atom stereocenters. The number of fused-ring (bicyclic) bond motifs is 1. The maximum Gasteiger partial charge on any atom is 0.160 e. The van der Waals surface area contributed by atoms with Gasteiger partial charge in [0.1, 0.15) is 5.82 Å². The minimum absolute atomic E-state index is 0.647. The molecule has 4 heteroatoms. The maximum atomic E-state index is 4.23. The summed E-state index contributed by atoms with van der Waals surface area (Å²) >= 11 is 0. The Hall–Kier alpha value is -1.42. The first-order valence-electron chi connectivity index (χ1n) is 6.36. The molecule has 0 radical (unpaired) electrons. The van der Waals surface area contributed by atoms with Gasteiger partial charge in [0.25, 0.3) is 0 Å². The topological polar surface area (TPSA) is 42.2 Å². The second-order valence-electron chi connectivity index (χ2n) is 4.88. The normalized spacial score (nSPS) is 17.5. The van der Waals surface area contributed by atoms with Gasteiger partial charge in [0.15, 0.2) is 5.65 Å². The van der Waals surface area contributed by atoms with Crippen molar-refractivity contribution in [3.05, 3.63) is 30.2 Å². The largest absolute Gasteiger partial charge is 0.314 e. The zero-order valence-electron chi connectivity index (χ0n) is 10.1. The Bertz CT molecular complexity index is 501. The van der Waals surface area contributed by atoms with Crippen LogP contribution in [0.3, 0.4) is 0 Å². The number of nitrogens with one attached hydrogen (secondary N) is 1. The van der Waals surface area contributed by atoms with E-state index < -0.39 is 0 Å². The molecule has 1 N–H and O–H groups in total. The van der Waals surface area contributed by atoms with Crippen LogP contribution in [0.4, 0.5) is 0 Å². The summed E-state index contributed by atoms with van der Waals surface area (Å²) in [7, 11) is 0. The Morgan fingerprint density at radius 2 is 2.29 bits per heavy atom. The van der Waals surface area contributed by atoms with Gasteiger partial charge in [0.2, 0.25) is 0 Å². The summed E-state index contributed by atoms with van der Waals surface area (Å²) in [5.41, 5.74) is 0.928. The minimum Gasteiger partial charge on any atom is -0.314 e. The third-order valence-corrected chi connectivity index (χ3v) is 3.53. The molecule has 1 fully saturated rings. The third kappa shape index (κ3) is 2.31. The molecule has 0 saturated heterocycles. The molecule has 2 heterocycles. The van der Waals surface area contributed by atoms with Crippen molar-refractivity contribution in [2.45, 2.75) is 32.2 Å². The van der Waals surface area contributed by atoms with E-state index in [9.17, 15) is 0 Å². The molecule has 2 aromatic heterocycles. The minimum atomic E-state index is 0.647. The van der Waals surface area contributed by atoms with Crippen LogP contribution in [-0.4, -0.2) is 27.2 Å². The summed E-state index contributed by atoms with van der Waals surface area (Å²) in [6, 6.07) is 6.63. The van der Waals surface area contributed by atoms with E-state index >= 15 is 0 Å². The molecule has 1 aliphatic rings. The summed E-state index contributed by atoms with van der Waals surface area (Å²) in [6.45, 7) is 3.26. The summed E-state index contributed by atoms with van der Waals surface area (Å²) in [4.78, 5) is 0. The van der Waals surface area contributed by atoms with Crippen molar-refractivity contribution in [1.29, 1.82) is 0 Å². The van der Waals surface area contributed by atoms with E-state index in [1.54, 1.807) is 0 Å². The first kappa shape index (κ1) is 10.7. The highest BCUT2D eigenvalue weighted by molar-refractivity contribution is 5.36. The second kappa shape index (κ2) is 4.45. The summed E-state index contributed by atoms with van der Waals surface area (Å²) < 4.78 is 2.06. The molecule has 3 rings (SSSR count). The lowest BCUT2D eigenvalue weighted by Gasteiger charge is -2.11. The summed E-state index contributed by atoms with van der Waals surface area (Å²) in [5, 5.41) is 11.9. The van der Waals surface area contributed by atoms with Gasteiger partial charge in [-0.15, -0.1) is 10.2 Å². The highest BCUT2D eigenvalue weighted by atomic mass is 15.2. The second-order valence-corrected chi connectivity index (χ2v) is 4.88. The third-order valence-electron chi connectivity index (χ3n) is 3.53. The molecular formula is C13H18N4. The van der Waals surface area contributed by atoms with Crippen LogP contribution in [-0.2, 0) is 6.42 Å². The number of hydrogen-bond donors (Lipinski definition) is 1. The molecule has 90 valence electrons. The maximum absolute atomic E-state index is 4.23. The van der Waals surface area contributed by atoms with Gasteiger partial charge < -0.3 is 5.32 Å². The van der Waals surface area contributed by atoms with Gasteiger partial charge in [-0.1, -0.05) is 6.07 Å². The Labute approximate surface area is 101 Å². The van der Waals surface area contributed by atoms with E-state index in [0.29, 0.717) is 6.04 Å². The molecule has 17 heavy (non-hydrogen) atoms. The van der Waals surface area contributed by atoms with E-state index in [1.807, 2.05) is 24.4 Å². The molecule has 2 aromatic rings. The molecule has 0 spiro atoms. The number of aromatic nitrogens is 3. The fraction of sp³-hybridized carbons (Fsp3) is 0.538. The first-order valence-corrected chi connectivity index (χ1v) is 6.36. The molecule has 0 aromatic carbocycles. The van der Waals surface area contributed by atoms with Crippen LogP contribution < -0.4 is 5.32 Å². The van der Waals surface area contributed by atoms with Crippen molar-refractivity contribution < 1.29 is 0 Å².